The van der Waals surface area contributed by atoms with Crippen molar-refractivity contribution in [2.75, 3.05) is 36.0 Å². The molecule has 7 nitrogen and oxygen atoms in total. The van der Waals surface area contributed by atoms with Crippen LogP contribution in [0, 0.1) is 13.8 Å². The second-order valence-corrected chi connectivity index (χ2v) is 8.31. The minimum absolute atomic E-state index is 0.245. The average Bonchev–Trinajstić information content (AvgIpc) is 3.30. The van der Waals surface area contributed by atoms with E-state index in [1.807, 2.05) is 18.3 Å². The summed E-state index contributed by atoms with van der Waals surface area (Å²) in [5, 5.41) is 5.18. The molecule has 0 unspecified atom stereocenters. The molecule has 3 aromatic rings. The maximum Gasteiger partial charge on any atom is 0.258 e. The van der Waals surface area contributed by atoms with Gasteiger partial charge in [-0.2, -0.15) is 4.98 Å². The standard InChI is InChI=1S/C19H24N6OS/c1-12(2)17-22-18(26-23-17)15-5-6-20-16(11-15)24-7-9-25(10-8-24)19-21-13(3)14(4)27-19/h5-6,11-12H,7-10H2,1-4H3. The van der Waals surface area contributed by atoms with E-state index < -0.39 is 0 Å². The number of nitrogens with zero attached hydrogens (tertiary/aromatic N) is 6. The van der Waals surface area contributed by atoms with Crippen LogP contribution < -0.4 is 9.80 Å². The number of hydrogen-bond donors (Lipinski definition) is 0. The summed E-state index contributed by atoms with van der Waals surface area (Å²) >= 11 is 1.78. The normalized spacial score (nSPS) is 15.0. The van der Waals surface area contributed by atoms with Gasteiger partial charge in [0.1, 0.15) is 5.82 Å². The number of aryl methyl sites for hydroxylation is 2. The van der Waals surface area contributed by atoms with Gasteiger partial charge in [-0.15, -0.1) is 11.3 Å². The predicted octanol–water partition coefficient (Wildman–Crippen LogP) is 3.65. The Bertz CT molecular complexity index is 906. The first kappa shape index (κ1) is 17.9. The van der Waals surface area contributed by atoms with Crippen LogP contribution in [0.4, 0.5) is 10.9 Å². The third-order valence-electron chi connectivity index (χ3n) is 4.84. The molecule has 0 radical (unpaired) electrons. The van der Waals surface area contributed by atoms with Gasteiger partial charge >= 0.3 is 0 Å². The Morgan fingerprint density at radius 2 is 1.81 bits per heavy atom. The van der Waals surface area contributed by atoms with E-state index >= 15 is 0 Å². The molecule has 0 saturated carbocycles. The number of thiazole rings is 1. The first-order chi connectivity index (χ1) is 13.0. The summed E-state index contributed by atoms with van der Waals surface area (Å²) in [5.41, 5.74) is 2.04. The van der Waals surface area contributed by atoms with Crippen LogP contribution in [0.5, 0.6) is 0 Å². The minimum atomic E-state index is 0.245. The molecule has 4 heterocycles. The fourth-order valence-electron chi connectivity index (χ4n) is 3.03. The number of aromatic nitrogens is 4. The Morgan fingerprint density at radius 3 is 2.44 bits per heavy atom. The lowest BCUT2D eigenvalue weighted by Gasteiger charge is -2.35. The van der Waals surface area contributed by atoms with Gasteiger partial charge < -0.3 is 14.3 Å². The van der Waals surface area contributed by atoms with Crippen molar-refractivity contribution in [1.82, 2.24) is 20.1 Å². The van der Waals surface area contributed by atoms with Crippen LogP contribution in [-0.4, -0.2) is 46.3 Å². The number of rotatable bonds is 4. The molecule has 4 rings (SSSR count). The highest BCUT2D eigenvalue weighted by Gasteiger charge is 2.21. The Kier molecular flexibility index (Phi) is 4.82. The summed E-state index contributed by atoms with van der Waals surface area (Å²) in [7, 11) is 0. The van der Waals surface area contributed by atoms with Crippen LogP contribution in [0.1, 0.15) is 36.2 Å². The van der Waals surface area contributed by atoms with E-state index in [0.29, 0.717) is 5.89 Å². The van der Waals surface area contributed by atoms with Gasteiger partial charge in [-0.25, -0.2) is 9.97 Å². The summed E-state index contributed by atoms with van der Waals surface area (Å²) in [6, 6.07) is 3.95. The maximum absolute atomic E-state index is 5.42. The second-order valence-electron chi connectivity index (χ2n) is 7.13. The van der Waals surface area contributed by atoms with E-state index in [1.165, 1.54) is 4.88 Å². The van der Waals surface area contributed by atoms with Crippen molar-refractivity contribution in [3.8, 4) is 11.5 Å². The number of piperazine rings is 1. The van der Waals surface area contributed by atoms with Gasteiger partial charge in [-0.05, 0) is 26.0 Å². The molecule has 3 aromatic heterocycles. The Balaban J connectivity index is 1.47. The van der Waals surface area contributed by atoms with E-state index in [4.69, 9.17) is 4.52 Å². The predicted molar refractivity (Wildman–Crippen MR) is 108 cm³/mol. The first-order valence-corrected chi connectivity index (χ1v) is 10.1. The molecule has 0 atom stereocenters. The molecular formula is C19H24N6OS. The third-order valence-corrected chi connectivity index (χ3v) is 5.98. The van der Waals surface area contributed by atoms with Crippen molar-refractivity contribution in [3.63, 3.8) is 0 Å². The highest BCUT2D eigenvalue weighted by Crippen LogP contribution is 2.28. The Morgan fingerprint density at radius 1 is 1.07 bits per heavy atom. The monoisotopic (exact) mass is 384 g/mol. The largest absolute Gasteiger partial charge is 0.353 e. The molecule has 142 valence electrons. The first-order valence-electron chi connectivity index (χ1n) is 9.25. The molecule has 1 aliphatic rings. The van der Waals surface area contributed by atoms with Crippen LogP contribution in [0.3, 0.4) is 0 Å². The van der Waals surface area contributed by atoms with Gasteiger partial charge in [0, 0.05) is 48.7 Å². The SMILES string of the molecule is Cc1nc(N2CCN(c3cc(-c4nc(C(C)C)no4)ccn3)CC2)sc1C. The Labute approximate surface area is 163 Å². The van der Waals surface area contributed by atoms with E-state index in [0.717, 1.165) is 54.2 Å². The van der Waals surface area contributed by atoms with Gasteiger partial charge in [-0.1, -0.05) is 19.0 Å². The van der Waals surface area contributed by atoms with Gasteiger partial charge in [0.2, 0.25) is 0 Å². The molecule has 0 bridgehead atoms. The van der Waals surface area contributed by atoms with Gasteiger partial charge in [0.25, 0.3) is 5.89 Å². The quantitative estimate of drug-likeness (QED) is 0.680. The highest BCUT2D eigenvalue weighted by molar-refractivity contribution is 7.15. The molecule has 0 N–H and O–H groups in total. The zero-order chi connectivity index (χ0) is 19.0. The van der Waals surface area contributed by atoms with Gasteiger partial charge in [0.15, 0.2) is 11.0 Å². The number of anilines is 2. The zero-order valence-corrected chi connectivity index (χ0v) is 17.0. The van der Waals surface area contributed by atoms with Crippen molar-refractivity contribution >= 4 is 22.3 Å². The fourth-order valence-corrected chi connectivity index (χ4v) is 3.99. The van der Waals surface area contributed by atoms with Crippen molar-refractivity contribution in [3.05, 3.63) is 34.7 Å². The zero-order valence-electron chi connectivity index (χ0n) is 16.1. The lowest BCUT2D eigenvalue weighted by molar-refractivity contribution is 0.419. The van der Waals surface area contributed by atoms with Crippen molar-refractivity contribution in [2.24, 2.45) is 0 Å². The van der Waals surface area contributed by atoms with Crippen LogP contribution in [-0.2, 0) is 0 Å². The van der Waals surface area contributed by atoms with E-state index in [1.54, 1.807) is 11.3 Å². The van der Waals surface area contributed by atoms with Crippen molar-refractivity contribution in [2.45, 2.75) is 33.6 Å². The summed E-state index contributed by atoms with van der Waals surface area (Å²) in [4.78, 5) is 19.7. The fraction of sp³-hybridized carbons (Fsp3) is 0.474. The number of hydrogen-bond acceptors (Lipinski definition) is 8. The van der Waals surface area contributed by atoms with Gasteiger partial charge in [-0.3, -0.25) is 0 Å². The summed E-state index contributed by atoms with van der Waals surface area (Å²) in [5.74, 6) is 2.47. The van der Waals surface area contributed by atoms with Crippen molar-refractivity contribution < 1.29 is 4.52 Å². The number of pyridine rings is 1. The third kappa shape index (κ3) is 3.66. The molecule has 0 spiro atoms. The van der Waals surface area contributed by atoms with Crippen LogP contribution >= 0.6 is 11.3 Å². The Hall–Kier alpha value is -2.48. The highest BCUT2D eigenvalue weighted by atomic mass is 32.1. The van der Waals surface area contributed by atoms with Crippen molar-refractivity contribution in [1.29, 1.82) is 0 Å². The molecule has 0 amide bonds. The molecule has 0 aromatic carbocycles. The van der Waals surface area contributed by atoms with E-state index in [9.17, 15) is 0 Å². The minimum Gasteiger partial charge on any atom is -0.353 e. The maximum atomic E-state index is 5.42. The second kappa shape index (κ2) is 7.26. The lowest BCUT2D eigenvalue weighted by Crippen LogP contribution is -2.46. The molecule has 1 aliphatic heterocycles. The van der Waals surface area contributed by atoms with Gasteiger partial charge in [0.05, 0.1) is 5.69 Å². The summed E-state index contributed by atoms with van der Waals surface area (Å²) < 4.78 is 5.42. The van der Waals surface area contributed by atoms with Crippen LogP contribution in [0.15, 0.2) is 22.9 Å². The van der Waals surface area contributed by atoms with E-state index in [2.05, 4.69) is 57.6 Å². The van der Waals surface area contributed by atoms with Crippen LogP contribution in [0.2, 0.25) is 0 Å². The van der Waals surface area contributed by atoms with E-state index in [-0.39, 0.29) is 5.92 Å². The smallest absolute Gasteiger partial charge is 0.258 e. The molecule has 0 aliphatic carbocycles. The summed E-state index contributed by atoms with van der Waals surface area (Å²) in [6.07, 6.45) is 1.81. The topological polar surface area (TPSA) is 71.2 Å². The molecule has 1 fully saturated rings. The summed E-state index contributed by atoms with van der Waals surface area (Å²) in [6.45, 7) is 12.0. The average molecular weight is 385 g/mol. The lowest BCUT2D eigenvalue weighted by atomic mass is 10.2. The molecular weight excluding hydrogens is 360 g/mol. The molecule has 8 heteroatoms. The van der Waals surface area contributed by atoms with Crippen LogP contribution in [0.25, 0.3) is 11.5 Å². The molecule has 27 heavy (non-hydrogen) atoms. The molecule has 1 saturated heterocycles.